The van der Waals surface area contributed by atoms with E-state index in [-0.39, 0.29) is 11.8 Å². The molecule has 3 aromatic carbocycles. The summed E-state index contributed by atoms with van der Waals surface area (Å²) in [5.41, 5.74) is 4.41. The molecule has 1 N–H and O–H groups in total. The molecule has 3 nitrogen and oxygen atoms in total. The fourth-order valence-electron chi connectivity index (χ4n) is 3.59. The van der Waals surface area contributed by atoms with Crippen LogP contribution < -0.4 is 10.1 Å². The van der Waals surface area contributed by atoms with Crippen molar-refractivity contribution in [2.75, 3.05) is 11.9 Å². The SMILES string of the molecule is CC(C)Cc1ccc(C(C)C(=O)Nc2cccc(OCCCc3ccccc3)c2)cc1. The van der Waals surface area contributed by atoms with Crippen LogP contribution in [0.3, 0.4) is 0 Å². The summed E-state index contributed by atoms with van der Waals surface area (Å²) in [6, 6.07) is 26.4. The first kappa shape index (κ1) is 22.6. The number of aryl methyl sites for hydroxylation is 1. The van der Waals surface area contributed by atoms with Gasteiger partial charge in [-0.25, -0.2) is 0 Å². The van der Waals surface area contributed by atoms with Gasteiger partial charge in [0.2, 0.25) is 5.91 Å². The number of hydrogen-bond donors (Lipinski definition) is 1. The normalized spacial score (nSPS) is 11.9. The zero-order valence-corrected chi connectivity index (χ0v) is 18.8. The maximum absolute atomic E-state index is 12.8. The van der Waals surface area contributed by atoms with Gasteiger partial charge < -0.3 is 10.1 Å². The lowest BCUT2D eigenvalue weighted by atomic mass is 9.96. The van der Waals surface area contributed by atoms with Crippen molar-refractivity contribution < 1.29 is 9.53 Å². The van der Waals surface area contributed by atoms with Crippen LogP contribution in [0, 0.1) is 5.92 Å². The number of hydrogen-bond acceptors (Lipinski definition) is 2. The molecule has 0 fully saturated rings. The Morgan fingerprint density at radius 2 is 1.61 bits per heavy atom. The second-order valence-electron chi connectivity index (χ2n) is 8.52. The molecule has 31 heavy (non-hydrogen) atoms. The Morgan fingerprint density at radius 3 is 2.32 bits per heavy atom. The van der Waals surface area contributed by atoms with Gasteiger partial charge in [0.15, 0.2) is 0 Å². The summed E-state index contributed by atoms with van der Waals surface area (Å²) < 4.78 is 5.89. The van der Waals surface area contributed by atoms with E-state index in [0.29, 0.717) is 12.5 Å². The third-order valence-corrected chi connectivity index (χ3v) is 5.34. The highest BCUT2D eigenvalue weighted by atomic mass is 16.5. The molecule has 1 atom stereocenters. The Kier molecular flexibility index (Phi) is 8.28. The topological polar surface area (TPSA) is 38.3 Å². The minimum atomic E-state index is -0.219. The lowest BCUT2D eigenvalue weighted by Gasteiger charge is -2.14. The van der Waals surface area contributed by atoms with Crippen molar-refractivity contribution in [2.24, 2.45) is 5.92 Å². The number of benzene rings is 3. The first-order valence-corrected chi connectivity index (χ1v) is 11.2. The Labute approximate surface area is 186 Å². The molecular formula is C28H33NO2. The van der Waals surface area contributed by atoms with E-state index in [4.69, 9.17) is 4.74 Å². The number of carbonyl (C=O) groups excluding carboxylic acids is 1. The van der Waals surface area contributed by atoms with Crippen molar-refractivity contribution in [3.63, 3.8) is 0 Å². The number of nitrogens with one attached hydrogen (secondary N) is 1. The fourth-order valence-corrected chi connectivity index (χ4v) is 3.59. The lowest BCUT2D eigenvalue weighted by Crippen LogP contribution is -2.18. The average Bonchev–Trinajstić information content (AvgIpc) is 2.77. The maximum Gasteiger partial charge on any atom is 0.231 e. The Bertz CT molecular complexity index is 948. The summed E-state index contributed by atoms with van der Waals surface area (Å²) in [5.74, 6) is 1.16. The summed E-state index contributed by atoms with van der Waals surface area (Å²) in [6.07, 6.45) is 2.99. The average molecular weight is 416 g/mol. The monoisotopic (exact) mass is 415 g/mol. The van der Waals surface area contributed by atoms with Crippen LogP contribution in [-0.4, -0.2) is 12.5 Å². The Balaban J connectivity index is 1.50. The molecule has 0 aliphatic carbocycles. The maximum atomic E-state index is 12.8. The number of carbonyl (C=O) groups is 1. The van der Waals surface area contributed by atoms with Gasteiger partial charge in [0.1, 0.15) is 5.75 Å². The van der Waals surface area contributed by atoms with Crippen molar-refractivity contribution in [1.29, 1.82) is 0 Å². The Morgan fingerprint density at radius 1 is 0.871 bits per heavy atom. The predicted molar refractivity (Wildman–Crippen MR) is 129 cm³/mol. The van der Waals surface area contributed by atoms with Crippen molar-refractivity contribution in [1.82, 2.24) is 0 Å². The van der Waals surface area contributed by atoms with Crippen molar-refractivity contribution in [3.8, 4) is 5.75 Å². The lowest BCUT2D eigenvalue weighted by molar-refractivity contribution is -0.117. The van der Waals surface area contributed by atoms with Gasteiger partial charge in [0.25, 0.3) is 0 Å². The quantitative estimate of drug-likeness (QED) is 0.377. The molecule has 1 amide bonds. The standard InChI is InChI=1S/C28H33NO2/c1-21(2)19-24-14-16-25(17-15-24)22(3)28(30)29-26-12-7-13-27(20-26)31-18-8-11-23-9-5-4-6-10-23/h4-7,9-10,12-17,20-22H,8,11,18-19H2,1-3H3,(H,29,30). The van der Waals surface area contributed by atoms with Crippen LogP contribution in [0.1, 0.15) is 49.8 Å². The van der Waals surface area contributed by atoms with Crippen LogP contribution in [0.2, 0.25) is 0 Å². The molecule has 0 aliphatic heterocycles. The minimum absolute atomic E-state index is 0.0159. The predicted octanol–water partition coefficient (Wildman–Crippen LogP) is 6.64. The van der Waals surface area contributed by atoms with Gasteiger partial charge in [-0.2, -0.15) is 0 Å². The molecule has 0 saturated carbocycles. The van der Waals surface area contributed by atoms with E-state index in [1.54, 1.807) is 0 Å². The highest BCUT2D eigenvalue weighted by Crippen LogP contribution is 2.22. The molecule has 1 unspecified atom stereocenters. The molecule has 0 saturated heterocycles. The van der Waals surface area contributed by atoms with E-state index in [2.05, 4.69) is 67.7 Å². The van der Waals surface area contributed by atoms with E-state index < -0.39 is 0 Å². The van der Waals surface area contributed by atoms with Gasteiger partial charge in [-0.05, 0) is 60.9 Å². The highest BCUT2D eigenvalue weighted by Gasteiger charge is 2.15. The van der Waals surface area contributed by atoms with Crippen molar-refractivity contribution >= 4 is 11.6 Å². The second-order valence-corrected chi connectivity index (χ2v) is 8.52. The molecule has 3 heteroatoms. The van der Waals surface area contributed by atoms with Gasteiger partial charge in [-0.3, -0.25) is 4.79 Å². The van der Waals surface area contributed by atoms with E-state index in [9.17, 15) is 4.79 Å². The van der Waals surface area contributed by atoms with Crippen LogP contribution >= 0.6 is 0 Å². The smallest absolute Gasteiger partial charge is 0.231 e. The summed E-state index contributed by atoms with van der Waals surface area (Å²) >= 11 is 0. The number of ether oxygens (including phenoxy) is 1. The second kappa shape index (κ2) is 11.4. The summed E-state index contributed by atoms with van der Waals surface area (Å²) in [7, 11) is 0. The van der Waals surface area contributed by atoms with Gasteiger partial charge in [-0.1, -0.05) is 74.5 Å². The third kappa shape index (κ3) is 7.29. The van der Waals surface area contributed by atoms with Crippen LogP contribution in [0.4, 0.5) is 5.69 Å². The fraction of sp³-hybridized carbons (Fsp3) is 0.321. The number of rotatable bonds is 10. The van der Waals surface area contributed by atoms with Gasteiger partial charge in [0, 0.05) is 11.8 Å². The van der Waals surface area contributed by atoms with Crippen molar-refractivity contribution in [3.05, 3.63) is 95.6 Å². The van der Waals surface area contributed by atoms with E-state index >= 15 is 0 Å². The molecular weight excluding hydrogens is 382 g/mol. The first-order chi connectivity index (χ1) is 15.0. The zero-order valence-electron chi connectivity index (χ0n) is 18.8. The molecule has 0 radical (unpaired) electrons. The number of anilines is 1. The Hall–Kier alpha value is -3.07. The summed E-state index contributed by atoms with van der Waals surface area (Å²) in [6.45, 7) is 7.01. The highest BCUT2D eigenvalue weighted by molar-refractivity contribution is 5.95. The van der Waals surface area contributed by atoms with Gasteiger partial charge in [-0.15, -0.1) is 0 Å². The summed E-state index contributed by atoms with van der Waals surface area (Å²) in [4.78, 5) is 12.8. The number of amides is 1. The van der Waals surface area contributed by atoms with Gasteiger partial charge >= 0.3 is 0 Å². The largest absolute Gasteiger partial charge is 0.494 e. The molecule has 0 spiro atoms. The summed E-state index contributed by atoms with van der Waals surface area (Å²) in [5, 5.41) is 3.02. The third-order valence-electron chi connectivity index (χ3n) is 5.34. The molecule has 0 bridgehead atoms. The molecule has 0 heterocycles. The molecule has 3 aromatic rings. The van der Waals surface area contributed by atoms with Crippen molar-refractivity contribution in [2.45, 2.75) is 46.0 Å². The molecule has 3 rings (SSSR count). The minimum Gasteiger partial charge on any atom is -0.494 e. The van der Waals surface area contributed by atoms with E-state index in [0.717, 1.165) is 36.3 Å². The van der Waals surface area contributed by atoms with Crippen LogP contribution in [0.25, 0.3) is 0 Å². The van der Waals surface area contributed by atoms with E-state index in [1.807, 2.05) is 37.3 Å². The van der Waals surface area contributed by atoms with Crippen LogP contribution in [0.5, 0.6) is 5.75 Å². The molecule has 0 aromatic heterocycles. The molecule has 162 valence electrons. The zero-order chi connectivity index (χ0) is 22.1. The molecule has 0 aliphatic rings. The van der Waals surface area contributed by atoms with Crippen LogP contribution in [-0.2, 0) is 17.6 Å². The van der Waals surface area contributed by atoms with Gasteiger partial charge in [0.05, 0.1) is 12.5 Å². The van der Waals surface area contributed by atoms with E-state index in [1.165, 1.54) is 11.1 Å². The van der Waals surface area contributed by atoms with Crippen LogP contribution in [0.15, 0.2) is 78.9 Å². The first-order valence-electron chi connectivity index (χ1n) is 11.2.